The molecule has 1 heterocycles. The van der Waals surface area contributed by atoms with Crippen molar-refractivity contribution in [1.29, 1.82) is 0 Å². The van der Waals surface area contributed by atoms with Crippen LogP contribution in [0.3, 0.4) is 0 Å². The molecular weight excluding hydrogens is 607 g/mol. The van der Waals surface area contributed by atoms with Crippen LogP contribution in [0.4, 0.5) is 0 Å². The van der Waals surface area contributed by atoms with Crippen LogP contribution in [0.2, 0.25) is 10.0 Å². The maximum absolute atomic E-state index is 13.6. The summed E-state index contributed by atoms with van der Waals surface area (Å²) in [5.41, 5.74) is 4.97. The SMILES string of the molecule is CCOC(=O)C1=C(C)N(Cc2cccc(C(=O)N[C@@H](Cc3ccccc3)c3ccccc3)c2)C(=O)C[C@H]1c1ccc(Cl)c(Cl)c1. The molecular formula is C37H34Cl2N2O4. The second kappa shape index (κ2) is 14.6. The number of hydrogen-bond donors (Lipinski definition) is 1. The van der Waals surface area contributed by atoms with Crippen molar-refractivity contribution in [3.05, 3.63) is 152 Å². The third-order valence-corrected chi connectivity index (χ3v) is 8.72. The van der Waals surface area contributed by atoms with E-state index in [0.717, 1.165) is 16.7 Å². The van der Waals surface area contributed by atoms with Gasteiger partial charge < -0.3 is 15.0 Å². The number of halogens is 2. The molecule has 4 aromatic carbocycles. The molecule has 1 N–H and O–H groups in total. The summed E-state index contributed by atoms with van der Waals surface area (Å²) >= 11 is 12.4. The fourth-order valence-corrected chi connectivity index (χ4v) is 6.02. The van der Waals surface area contributed by atoms with E-state index in [1.54, 1.807) is 55.1 Å². The Morgan fingerprint density at radius 3 is 2.27 bits per heavy atom. The molecule has 0 saturated carbocycles. The monoisotopic (exact) mass is 640 g/mol. The van der Waals surface area contributed by atoms with Gasteiger partial charge in [-0.15, -0.1) is 0 Å². The number of benzene rings is 4. The highest BCUT2D eigenvalue weighted by molar-refractivity contribution is 6.42. The molecule has 0 fully saturated rings. The lowest BCUT2D eigenvalue weighted by molar-refractivity contribution is -0.140. The second-order valence-electron chi connectivity index (χ2n) is 11.0. The summed E-state index contributed by atoms with van der Waals surface area (Å²) in [7, 11) is 0. The maximum Gasteiger partial charge on any atom is 0.336 e. The molecule has 0 aliphatic carbocycles. The highest BCUT2D eigenvalue weighted by Crippen LogP contribution is 2.39. The largest absolute Gasteiger partial charge is 0.463 e. The lowest BCUT2D eigenvalue weighted by atomic mass is 9.83. The third kappa shape index (κ3) is 7.64. The zero-order chi connectivity index (χ0) is 31.9. The molecule has 0 saturated heterocycles. The van der Waals surface area contributed by atoms with E-state index in [9.17, 15) is 14.4 Å². The van der Waals surface area contributed by atoms with Crippen molar-refractivity contribution in [2.24, 2.45) is 0 Å². The molecule has 8 heteroatoms. The van der Waals surface area contributed by atoms with E-state index in [1.807, 2.05) is 66.7 Å². The van der Waals surface area contributed by atoms with Gasteiger partial charge in [0.25, 0.3) is 5.91 Å². The summed E-state index contributed by atoms with van der Waals surface area (Å²) in [6, 6.07) is 32.0. The molecule has 0 radical (unpaired) electrons. The number of amides is 2. The summed E-state index contributed by atoms with van der Waals surface area (Å²) < 4.78 is 5.41. The van der Waals surface area contributed by atoms with Gasteiger partial charge in [-0.1, -0.05) is 102 Å². The number of ether oxygens (including phenoxy) is 1. The van der Waals surface area contributed by atoms with E-state index < -0.39 is 11.9 Å². The van der Waals surface area contributed by atoms with Gasteiger partial charge in [0.2, 0.25) is 5.91 Å². The van der Waals surface area contributed by atoms with Crippen molar-refractivity contribution >= 4 is 41.0 Å². The topological polar surface area (TPSA) is 75.7 Å². The van der Waals surface area contributed by atoms with Gasteiger partial charge in [-0.05, 0) is 66.8 Å². The van der Waals surface area contributed by atoms with Crippen LogP contribution >= 0.6 is 23.2 Å². The molecule has 4 aromatic rings. The van der Waals surface area contributed by atoms with Crippen molar-refractivity contribution in [3.63, 3.8) is 0 Å². The van der Waals surface area contributed by atoms with Gasteiger partial charge in [0, 0.05) is 23.6 Å². The fourth-order valence-electron chi connectivity index (χ4n) is 5.71. The summed E-state index contributed by atoms with van der Waals surface area (Å²) in [6.45, 7) is 3.88. The molecule has 0 bridgehead atoms. The number of carbonyl (C=O) groups is 3. The molecule has 6 nitrogen and oxygen atoms in total. The minimum absolute atomic E-state index is 0.0574. The molecule has 0 unspecified atom stereocenters. The molecule has 1 aliphatic rings. The molecule has 230 valence electrons. The average molecular weight is 642 g/mol. The van der Waals surface area contributed by atoms with Crippen LogP contribution in [0.1, 0.15) is 64.8 Å². The normalized spacial score (nSPS) is 15.5. The zero-order valence-corrected chi connectivity index (χ0v) is 26.6. The van der Waals surface area contributed by atoms with Crippen molar-refractivity contribution in [1.82, 2.24) is 10.2 Å². The van der Waals surface area contributed by atoms with Crippen molar-refractivity contribution in [2.45, 2.75) is 45.2 Å². The Balaban J connectivity index is 1.40. The number of nitrogens with zero attached hydrogens (tertiary/aromatic N) is 1. The van der Waals surface area contributed by atoms with Gasteiger partial charge in [0.15, 0.2) is 0 Å². The molecule has 0 spiro atoms. The number of rotatable bonds is 10. The Kier molecular flexibility index (Phi) is 10.4. The molecule has 2 atom stereocenters. The summed E-state index contributed by atoms with van der Waals surface area (Å²) in [5.74, 6) is -1.38. The summed E-state index contributed by atoms with van der Waals surface area (Å²) in [5, 5.41) is 3.94. The number of carbonyl (C=O) groups excluding carboxylic acids is 3. The summed E-state index contributed by atoms with van der Waals surface area (Å²) in [4.78, 5) is 41.9. The number of hydrogen-bond acceptors (Lipinski definition) is 4. The Morgan fingerprint density at radius 2 is 1.58 bits per heavy atom. The van der Waals surface area contributed by atoms with Crippen LogP contribution in [0.25, 0.3) is 0 Å². The first-order chi connectivity index (χ1) is 21.7. The van der Waals surface area contributed by atoms with Crippen LogP contribution < -0.4 is 5.32 Å². The Hall–Kier alpha value is -4.39. The van der Waals surface area contributed by atoms with Gasteiger partial charge in [0.1, 0.15) is 0 Å². The maximum atomic E-state index is 13.6. The molecule has 2 amide bonds. The van der Waals surface area contributed by atoms with Gasteiger partial charge in [-0.3, -0.25) is 9.59 Å². The fraction of sp³-hybridized carbons (Fsp3) is 0.216. The molecule has 0 aromatic heterocycles. The van der Waals surface area contributed by atoms with E-state index >= 15 is 0 Å². The zero-order valence-electron chi connectivity index (χ0n) is 25.1. The Labute approximate surface area is 273 Å². The van der Waals surface area contributed by atoms with Crippen LogP contribution in [0.5, 0.6) is 0 Å². The summed E-state index contributed by atoms with van der Waals surface area (Å²) in [6.07, 6.45) is 0.695. The third-order valence-electron chi connectivity index (χ3n) is 7.98. The second-order valence-corrected chi connectivity index (χ2v) is 11.8. The standard InChI is InChI=1S/C37H34Cl2N2O4/c1-3-45-37(44)35-24(2)41(34(42)22-30(35)28-17-18-31(38)32(39)21-28)23-26-13-10-16-29(19-26)36(43)40-33(27-14-8-5-9-15-27)20-25-11-6-4-7-12-25/h4-19,21,30,33H,3,20,22-23H2,1-2H3,(H,40,43)/t30-,33-/m0/s1. The van der Waals surface area contributed by atoms with Crippen molar-refractivity contribution < 1.29 is 19.1 Å². The minimum Gasteiger partial charge on any atom is -0.463 e. The van der Waals surface area contributed by atoms with E-state index in [1.165, 1.54) is 0 Å². The van der Waals surface area contributed by atoms with Gasteiger partial charge in [-0.25, -0.2) is 4.79 Å². The molecule has 1 aliphatic heterocycles. The van der Waals surface area contributed by atoms with E-state index in [-0.39, 0.29) is 37.4 Å². The Morgan fingerprint density at radius 1 is 0.889 bits per heavy atom. The van der Waals surface area contributed by atoms with Crippen LogP contribution in [0, 0.1) is 0 Å². The first-order valence-corrected chi connectivity index (χ1v) is 15.6. The van der Waals surface area contributed by atoms with E-state index in [0.29, 0.717) is 38.9 Å². The van der Waals surface area contributed by atoms with Crippen LogP contribution in [0.15, 0.2) is 114 Å². The minimum atomic E-state index is -0.529. The predicted octanol–water partition coefficient (Wildman–Crippen LogP) is 8.06. The Bertz CT molecular complexity index is 1720. The number of allylic oxidation sites excluding steroid dienone is 1. The average Bonchev–Trinajstić information content (AvgIpc) is 3.05. The van der Waals surface area contributed by atoms with Gasteiger partial charge in [0.05, 0.1) is 34.8 Å². The quantitative estimate of drug-likeness (QED) is 0.178. The highest BCUT2D eigenvalue weighted by atomic mass is 35.5. The molecule has 5 rings (SSSR count). The first kappa shape index (κ1) is 32.0. The van der Waals surface area contributed by atoms with Gasteiger partial charge in [-0.2, -0.15) is 0 Å². The van der Waals surface area contributed by atoms with Crippen molar-refractivity contribution in [3.8, 4) is 0 Å². The van der Waals surface area contributed by atoms with E-state index in [4.69, 9.17) is 27.9 Å². The van der Waals surface area contributed by atoms with Crippen LogP contribution in [-0.2, 0) is 27.3 Å². The van der Waals surface area contributed by atoms with Crippen molar-refractivity contribution in [2.75, 3.05) is 6.61 Å². The molecule has 45 heavy (non-hydrogen) atoms. The first-order valence-electron chi connectivity index (χ1n) is 14.9. The number of esters is 1. The van der Waals surface area contributed by atoms with Gasteiger partial charge >= 0.3 is 5.97 Å². The van der Waals surface area contributed by atoms with Crippen LogP contribution in [-0.4, -0.2) is 29.3 Å². The predicted molar refractivity (Wildman–Crippen MR) is 177 cm³/mol. The number of nitrogens with one attached hydrogen (secondary N) is 1. The lowest BCUT2D eigenvalue weighted by Gasteiger charge is -2.34. The highest BCUT2D eigenvalue weighted by Gasteiger charge is 2.37. The lowest BCUT2D eigenvalue weighted by Crippen LogP contribution is -2.38. The van der Waals surface area contributed by atoms with E-state index in [2.05, 4.69) is 5.32 Å². The smallest absolute Gasteiger partial charge is 0.336 e.